The maximum Gasteiger partial charge on any atom is 0.261 e. The Hall–Kier alpha value is -7.02. The zero-order valence-corrected chi connectivity index (χ0v) is 37.3. The Morgan fingerprint density at radius 3 is 1.66 bits per heavy atom. The summed E-state index contributed by atoms with van der Waals surface area (Å²) in [6, 6.07) is 21.1. The van der Waals surface area contributed by atoms with Gasteiger partial charge in [-0.05, 0) is 112 Å². The molecule has 7 aromatic rings. The van der Waals surface area contributed by atoms with Gasteiger partial charge in [0, 0.05) is 94.2 Å². The van der Waals surface area contributed by atoms with Gasteiger partial charge in [-0.1, -0.05) is 24.3 Å². The number of benzene rings is 4. The molecule has 0 saturated heterocycles. The van der Waals surface area contributed by atoms with Gasteiger partial charge in [-0.2, -0.15) is 0 Å². The molecule has 9 rings (SSSR count). The van der Waals surface area contributed by atoms with Crippen molar-refractivity contribution >= 4 is 56.5 Å². The lowest BCUT2D eigenvalue weighted by Gasteiger charge is -2.28. The van der Waals surface area contributed by atoms with Gasteiger partial charge in [0.1, 0.15) is 24.8 Å². The fraction of sp³-hybridized carbons (Fsp3) is 0.346. The van der Waals surface area contributed by atoms with Crippen LogP contribution >= 0.6 is 0 Å². The molecule has 334 valence electrons. The first-order chi connectivity index (χ1) is 31.8. The highest BCUT2D eigenvalue weighted by molar-refractivity contribution is 6.27. The summed E-state index contributed by atoms with van der Waals surface area (Å²) in [4.78, 5) is 53.2. The lowest BCUT2D eigenvalue weighted by molar-refractivity contribution is -0.697. The fourth-order valence-electron chi connectivity index (χ4n) is 9.46. The van der Waals surface area contributed by atoms with Crippen molar-refractivity contribution in [3.63, 3.8) is 0 Å². The predicted octanol–water partition coefficient (Wildman–Crippen LogP) is 7.67. The molecule has 0 fully saturated rings. The number of hydrogen-bond acceptors (Lipinski definition) is 6. The Morgan fingerprint density at radius 2 is 1.08 bits per heavy atom. The Balaban J connectivity index is 0.637. The average molecular weight is 874 g/mol. The molecule has 0 saturated carbocycles. The standard InChI is InChI=1S/C52H57N9O4/c1-56-30-22-38(35-56)13-12-29-61-51(64)43-17-11-15-40-46(21-19-44(48(40)43)52(61)65)54-24-5-3-7-26-58-32-34-60(37-58)28-9-8-27-59-33-31-57(36-59)25-6-2-4-23-53-45-20-18-42-47-39(45)14-10-16-41(47)49(62)55-50(42)63/h10-11,14-22,30-37H,2-9,12-13,23-29H2,1H3,(H-2,53,54,55,62,63,64,65)/p+2. The molecule has 0 atom stereocenters. The van der Waals surface area contributed by atoms with Gasteiger partial charge in [-0.15, -0.1) is 0 Å². The van der Waals surface area contributed by atoms with Crippen LogP contribution in [0, 0.1) is 0 Å². The molecular formula is C52H59N9O4+2. The number of amides is 4. The predicted molar refractivity (Wildman–Crippen MR) is 252 cm³/mol. The molecule has 2 aliphatic rings. The molecule has 0 spiro atoms. The third-order valence-corrected chi connectivity index (χ3v) is 12.9. The minimum absolute atomic E-state index is 0.205. The number of imidazole rings is 2. The normalized spacial score (nSPS) is 13.3. The summed E-state index contributed by atoms with van der Waals surface area (Å²) in [7, 11) is 1.99. The van der Waals surface area contributed by atoms with Crippen LogP contribution in [0.4, 0.5) is 11.4 Å². The summed E-state index contributed by atoms with van der Waals surface area (Å²) in [5.41, 5.74) is 5.42. The molecule has 4 aromatic carbocycles. The molecule has 5 heterocycles. The number of carbonyl (C=O) groups is 4. The largest absolute Gasteiger partial charge is 0.385 e. The maximum atomic E-state index is 13.5. The van der Waals surface area contributed by atoms with E-state index in [2.05, 4.69) is 83.9 Å². The van der Waals surface area contributed by atoms with Crippen LogP contribution in [0.5, 0.6) is 0 Å². The highest BCUT2D eigenvalue weighted by atomic mass is 16.2. The lowest BCUT2D eigenvalue weighted by atomic mass is 9.92. The van der Waals surface area contributed by atoms with Crippen molar-refractivity contribution in [2.45, 2.75) is 90.4 Å². The van der Waals surface area contributed by atoms with Gasteiger partial charge >= 0.3 is 0 Å². The lowest BCUT2D eigenvalue weighted by Crippen LogP contribution is -2.41. The third-order valence-electron chi connectivity index (χ3n) is 12.9. The number of rotatable bonds is 23. The number of carbonyl (C=O) groups excluding carboxylic acids is 4. The molecule has 65 heavy (non-hydrogen) atoms. The zero-order valence-electron chi connectivity index (χ0n) is 37.3. The summed E-state index contributed by atoms with van der Waals surface area (Å²) in [5.74, 6) is -1.09. The van der Waals surface area contributed by atoms with Gasteiger partial charge in [0.25, 0.3) is 23.6 Å². The Bertz CT molecular complexity index is 2830. The van der Waals surface area contributed by atoms with E-state index in [0.29, 0.717) is 28.8 Å². The molecule has 0 radical (unpaired) electrons. The van der Waals surface area contributed by atoms with E-state index < -0.39 is 0 Å². The zero-order chi connectivity index (χ0) is 44.7. The number of anilines is 2. The number of nitrogens with one attached hydrogen (secondary N) is 3. The van der Waals surface area contributed by atoms with Crippen LogP contribution in [0.3, 0.4) is 0 Å². The summed E-state index contributed by atoms with van der Waals surface area (Å²) in [6.45, 7) is 6.02. The van der Waals surface area contributed by atoms with E-state index in [-0.39, 0.29) is 23.6 Å². The van der Waals surface area contributed by atoms with Gasteiger partial charge in [-0.3, -0.25) is 29.4 Å². The van der Waals surface area contributed by atoms with Crippen molar-refractivity contribution in [2.75, 3.05) is 30.3 Å². The van der Waals surface area contributed by atoms with Crippen LogP contribution in [0.1, 0.15) is 105 Å². The summed E-state index contributed by atoms with van der Waals surface area (Å²) < 4.78 is 11.1. The second-order valence-corrected chi connectivity index (χ2v) is 17.6. The maximum absolute atomic E-state index is 13.5. The molecular weight excluding hydrogens is 815 g/mol. The Morgan fingerprint density at radius 1 is 0.538 bits per heavy atom. The Kier molecular flexibility index (Phi) is 13.2. The molecule has 3 N–H and O–H groups in total. The molecule has 13 heteroatoms. The number of hydrogen-bond donors (Lipinski definition) is 3. The minimum atomic E-state index is -0.338. The summed E-state index contributed by atoms with van der Waals surface area (Å²) in [6.07, 6.45) is 27.4. The fourth-order valence-corrected chi connectivity index (χ4v) is 9.46. The van der Waals surface area contributed by atoms with Crippen LogP contribution in [-0.4, -0.2) is 61.9 Å². The average Bonchev–Trinajstić information content (AvgIpc) is 4.08. The second kappa shape index (κ2) is 19.8. The van der Waals surface area contributed by atoms with E-state index in [1.807, 2.05) is 66.3 Å². The van der Waals surface area contributed by atoms with Crippen LogP contribution in [0.25, 0.3) is 21.5 Å². The summed E-state index contributed by atoms with van der Waals surface area (Å²) in [5, 5.41) is 12.9. The summed E-state index contributed by atoms with van der Waals surface area (Å²) >= 11 is 0. The van der Waals surface area contributed by atoms with Gasteiger partial charge in [0.2, 0.25) is 12.7 Å². The van der Waals surface area contributed by atoms with E-state index in [9.17, 15) is 19.2 Å². The van der Waals surface area contributed by atoms with Crippen molar-refractivity contribution in [2.24, 2.45) is 7.05 Å². The van der Waals surface area contributed by atoms with Crippen molar-refractivity contribution in [1.29, 1.82) is 0 Å². The molecule has 0 unspecified atom stereocenters. The van der Waals surface area contributed by atoms with Gasteiger partial charge < -0.3 is 15.2 Å². The van der Waals surface area contributed by atoms with E-state index in [0.717, 1.165) is 136 Å². The van der Waals surface area contributed by atoms with Gasteiger partial charge in [0.05, 0.1) is 26.2 Å². The number of aryl methyl sites for hydroxylation is 6. The van der Waals surface area contributed by atoms with Crippen LogP contribution in [0.2, 0.25) is 0 Å². The first kappa shape index (κ1) is 43.2. The molecule has 3 aromatic heterocycles. The quantitative estimate of drug-likeness (QED) is 0.0344. The monoisotopic (exact) mass is 873 g/mol. The third kappa shape index (κ3) is 9.74. The smallest absolute Gasteiger partial charge is 0.261 e. The van der Waals surface area contributed by atoms with Crippen molar-refractivity contribution in [3.05, 3.63) is 144 Å². The van der Waals surface area contributed by atoms with Gasteiger partial charge in [-0.25, -0.2) is 18.3 Å². The molecule has 2 aliphatic heterocycles. The number of imide groups is 2. The van der Waals surface area contributed by atoms with E-state index in [1.165, 1.54) is 10.5 Å². The van der Waals surface area contributed by atoms with Gasteiger partial charge in [0.15, 0.2) is 0 Å². The van der Waals surface area contributed by atoms with E-state index in [4.69, 9.17) is 0 Å². The van der Waals surface area contributed by atoms with E-state index >= 15 is 0 Å². The number of unbranched alkanes of at least 4 members (excludes halogenated alkanes) is 5. The van der Waals surface area contributed by atoms with Crippen molar-refractivity contribution < 1.29 is 28.3 Å². The molecule has 13 nitrogen and oxygen atoms in total. The van der Waals surface area contributed by atoms with Crippen LogP contribution < -0.4 is 25.1 Å². The number of aromatic nitrogens is 5. The van der Waals surface area contributed by atoms with Crippen molar-refractivity contribution in [1.82, 2.24) is 23.9 Å². The molecule has 4 amide bonds. The topological polar surface area (TPSA) is 130 Å². The first-order valence-corrected chi connectivity index (χ1v) is 23.3. The SMILES string of the molecule is Cn1ccc(CCCN2C(=O)c3cccc4c(NCCCCC[n+]5ccn(CCCCn6cc[n+](CCCCCNc7ccc8c9c(cccc79)C(=O)NC8=O)c6)c5)ccc(c34)C2=O)c1. The number of nitrogens with zero attached hydrogens (tertiary/aromatic N) is 6. The highest BCUT2D eigenvalue weighted by Gasteiger charge is 2.33. The van der Waals surface area contributed by atoms with Crippen LogP contribution in [0.15, 0.2) is 117 Å². The molecule has 0 bridgehead atoms. The Labute approximate surface area is 379 Å². The molecule has 0 aliphatic carbocycles. The second-order valence-electron chi connectivity index (χ2n) is 17.6. The van der Waals surface area contributed by atoms with Crippen LogP contribution in [-0.2, 0) is 39.6 Å². The minimum Gasteiger partial charge on any atom is -0.385 e. The van der Waals surface area contributed by atoms with Crippen molar-refractivity contribution in [3.8, 4) is 0 Å². The first-order valence-electron chi connectivity index (χ1n) is 23.3. The highest BCUT2D eigenvalue weighted by Crippen LogP contribution is 2.35. The van der Waals surface area contributed by atoms with E-state index in [1.54, 1.807) is 12.1 Å².